The summed E-state index contributed by atoms with van der Waals surface area (Å²) in [5, 5.41) is 4.62. The molecule has 0 radical (unpaired) electrons. The topological polar surface area (TPSA) is 0 Å². The molecule has 4 heteroatoms. The van der Waals surface area contributed by atoms with Crippen LogP contribution in [-0.4, -0.2) is 0 Å². The average molecular weight is 641 g/mol. The molecule has 42 heavy (non-hydrogen) atoms. The van der Waals surface area contributed by atoms with E-state index < -0.39 is 0 Å². The molecule has 0 aliphatic carbocycles. The van der Waals surface area contributed by atoms with E-state index in [2.05, 4.69) is 48.9 Å². The zero-order valence-electron chi connectivity index (χ0n) is 26.7. The van der Waals surface area contributed by atoms with Crippen LogP contribution in [0.2, 0.25) is 0 Å². The van der Waals surface area contributed by atoms with E-state index in [1.54, 1.807) is 11.1 Å². The molecule has 0 saturated heterocycles. The van der Waals surface area contributed by atoms with E-state index in [0.29, 0.717) is 0 Å². The van der Waals surface area contributed by atoms with Crippen LogP contribution in [0.1, 0.15) is 153 Å². The molecule has 232 valence electrons. The number of hydrogen-bond acceptors (Lipinski definition) is 4. The van der Waals surface area contributed by atoms with Crippen LogP contribution in [0.25, 0.3) is 28.9 Å². The first-order valence-corrected chi connectivity index (χ1v) is 20.9. The van der Waals surface area contributed by atoms with Gasteiger partial charge in [-0.1, -0.05) is 129 Å². The monoisotopic (exact) mass is 640 g/mol. The highest BCUT2D eigenvalue weighted by Crippen LogP contribution is 2.45. The number of unbranched alkanes of at least 4 members (excludes halogenated alkanes) is 18. The Labute approximate surface area is 274 Å². The Balaban J connectivity index is 1.19. The van der Waals surface area contributed by atoms with Crippen LogP contribution in [-0.2, 0) is 12.8 Å². The normalized spacial score (nSPS) is 11.8. The highest BCUT2D eigenvalue weighted by atomic mass is 32.1. The van der Waals surface area contributed by atoms with Crippen LogP contribution in [0, 0.1) is 0 Å². The lowest BCUT2D eigenvalue weighted by atomic mass is 10.0. The third kappa shape index (κ3) is 11.2. The smallest absolute Gasteiger partial charge is 0.0475 e. The first-order chi connectivity index (χ1) is 20.8. The van der Waals surface area contributed by atoms with Crippen LogP contribution in [0.3, 0.4) is 0 Å². The van der Waals surface area contributed by atoms with Gasteiger partial charge in [0.15, 0.2) is 0 Å². The predicted molar refractivity (Wildman–Crippen MR) is 197 cm³/mol. The van der Waals surface area contributed by atoms with Crippen molar-refractivity contribution in [2.24, 2.45) is 0 Å². The first-order valence-electron chi connectivity index (χ1n) is 17.5. The molecule has 0 aliphatic rings. The molecule has 0 amide bonds. The van der Waals surface area contributed by atoms with E-state index in [9.17, 15) is 0 Å². The molecular weight excluding hydrogens is 585 g/mol. The van der Waals surface area contributed by atoms with Crippen molar-refractivity contribution in [3.63, 3.8) is 0 Å². The minimum atomic E-state index is 1.24. The molecule has 0 aliphatic heterocycles. The fourth-order valence-electron chi connectivity index (χ4n) is 6.16. The molecule has 0 spiro atoms. The zero-order chi connectivity index (χ0) is 29.2. The van der Waals surface area contributed by atoms with Crippen molar-refractivity contribution in [1.29, 1.82) is 0 Å². The molecule has 4 heterocycles. The van der Waals surface area contributed by atoms with Gasteiger partial charge in [-0.15, -0.1) is 45.3 Å². The van der Waals surface area contributed by atoms with Gasteiger partial charge < -0.3 is 0 Å². The molecule has 0 saturated carbocycles. The maximum Gasteiger partial charge on any atom is 0.0475 e. The summed E-state index contributed by atoms with van der Waals surface area (Å²) >= 11 is 7.91. The van der Waals surface area contributed by atoms with Crippen molar-refractivity contribution in [2.45, 2.75) is 155 Å². The molecule has 0 bridgehead atoms. The standard InChI is InChI=1S/C38H56S4/c1-3-5-7-9-11-13-15-17-19-21-23-31-25-27-39-37(31)35-29-33-34(41-35)30-36(42-33)38-32(26-28-40-38)24-22-20-18-16-14-12-10-8-6-4-2/h25-30H,3-24H2,1-2H3. The highest BCUT2D eigenvalue weighted by molar-refractivity contribution is 7.33. The van der Waals surface area contributed by atoms with E-state index in [0.717, 1.165) is 0 Å². The maximum atomic E-state index is 2.48. The quantitative estimate of drug-likeness (QED) is 0.0668. The van der Waals surface area contributed by atoms with E-state index in [4.69, 9.17) is 0 Å². The van der Waals surface area contributed by atoms with Gasteiger partial charge in [0.25, 0.3) is 0 Å². The molecule has 4 rings (SSSR count). The second kappa shape index (κ2) is 20.2. The van der Waals surface area contributed by atoms with Gasteiger partial charge in [-0.25, -0.2) is 0 Å². The van der Waals surface area contributed by atoms with Crippen molar-refractivity contribution in [3.05, 3.63) is 46.2 Å². The zero-order valence-corrected chi connectivity index (χ0v) is 29.9. The molecule has 0 atom stereocenters. The molecule has 4 aromatic heterocycles. The highest BCUT2D eigenvalue weighted by Gasteiger charge is 2.15. The Morgan fingerprint density at radius 3 is 1.12 bits per heavy atom. The summed E-state index contributed by atoms with van der Waals surface area (Å²) in [6.07, 6.45) is 30.7. The number of hydrogen-bond donors (Lipinski definition) is 0. The summed E-state index contributed by atoms with van der Waals surface area (Å²) < 4.78 is 2.95. The maximum absolute atomic E-state index is 2.48. The lowest BCUT2D eigenvalue weighted by Gasteiger charge is -2.04. The minimum absolute atomic E-state index is 1.24. The van der Waals surface area contributed by atoms with Gasteiger partial charge in [0, 0.05) is 28.9 Å². The van der Waals surface area contributed by atoms with Gasteiger partial charge >= 0.3 is 0 Å². The van der Waals surface area contributed by atoms with Gasteiger partial charge in [0.2, 0.25) is 0 Å². The summed E-state index contributed by atoms with van der Waals surface area (Å²) in [6.45, 7) is 4.61. The molecule has 0 fully saturated rings. The Morgan fingerprint density at radius 2 is 0.762 bits per heavy atom. The fraction of sp³-hybridized carbons (Fsp3) is 0.632. The molecular formula is C38H56S4. The van der Waals surface area contributed by atoms with Crippen molar-refractivity contribution in [1.82, 2.24) is 0 Å². The van der Waals surface area contributed by atoms with E-state index in [1.165, 1.54) is 170 Å². The molecule has 0 N–H and O–H groups in total. The van der Waals surface area contributed by atoms with Gasteiger partial charge in [-0.3, -0.25) is 0 Å². The van der Waals surface area contributed by atoms with Gasteiger partial charge in [0.05, 0.1) is 0 Å². The molecule has 4 aromatic rings. The summed E-state index contributed by atoms with van der Waals surface area (Å²) in [4.78, 5) is 6.02. The predicted octanol–water partition coefficient (Wildman–Crippen LogP) is 15.3. The third-order valence-electron chi connectivity index (χ3n) is 8.75. The number of fused-ring (bicyclic) bond motifs is 1. The van der Waals surface area contributed by atoms with Crippen molar-refractivity contribution in [3.8, 4) is 19.5 Å². The Morgan fingerprint density at radius 1 is 0.429 bits per heavy atom. The number of thiophene rings is 4. The van der Waals surface area contributed by atoms with E-state index in [-0.39, 0.29) is 0 Å². The lowest BCUT2D eigenvalue weighted by Crippen LogP contribution is -1.86. The second-order valence-electron chi connectivity index (χ2n) is 12.4. The molecule has 0 nitrogen and oxygen atoms in total. The van der Waals surface area contributed by atoms with E-state index >= 15 is 0 Å². The fourth-order valence-corrected chi connectivity index (χ4v) is 10.8. The lowest BCUT2D eigenvalue weighted by molar-refractivity contribution is 0.556. The van der Waals surface area contributed by atoms with Crippen LogP contribution >= 0.6 is 45.3 Å². The van der Waals surface area contributed by atoms with Crippen LogP contribution in [0.5, 0.6) is 0 Å². The Bertz CT molecular complexity index is 1110. The number of rotatable bonds is 24. The largest absolute Gasteiger partial charge is 0.143 e. The van der Waals surface area contributed by atoms with Crippen LogP contribution in [0.15, 0.2) is 35.0 Å². The summed E-state index contributed by atoms with van der Waals surface area (Å²) in [7, 11) is 0. The second-order valence-corrected chi connectivity index (χ2v) is 16.4. The van der Waals surface area contributed by atoms with Crippen LogP contribution < -0.4 is 0 Å². The minimum Gasteiger partial charge on any atom is -0.143 e. The molecule has 0 unspecified atom stereocenters. The van der Waals surface area contributed by atoms with Gasteiger partial charge in [0.1, 0.15) is 0 Å². The summed E-state index contributed by atoms with van der Waals surface area (Å²) in [6, 6.07) is 9.74. The SMILES string of the molecule is CCCCCCCCCCCCc1ccsc1-c1cc2sc(-c3sccc3CCCCCCCCCCCC)cc2s1. The average Bonchev–Trinajstić information content (AvgIpc) is 3.79. The number of aryl methyl sites for hydroxylation is 2. The van der Waals surface area contributed by atoms with Crippen molar-refractivity contribution < 1.29 is 0 Å². The molecule has 0 aromatic carbocycles. The van der Waals surface area contributed by atoms with E-state index in [1.807, 2.05) is 45.3 Å². The van der Waals surface area contributed by atoms with Crippen molar-refractivity contribution in [2.75, 3.05) is 0 Å². The Hall–Kier alpha value is -0.940. The van der Waals surface area contributed by atoms with Gasteiger partial charge in [-0.2, -0.15) is 0 Å². The van der Waals surface area contributed by atoms with Crippen LogP contribution in [0.4, 0.5) is 0 Å². The summed E-state index contributed by atoms with van der Waals surface area (Å²) in [5.41, 5.74) is 3.15. The van der Waals surface area contributed by atoms with Gasteiger partial charge in [-0.05, 0) is 71.8 Å². The van der Waals surface area contributed by atoms with Crippen molar-refractivity contribution >= 4 is 54.7 Å². The summed E-state index contributed by atoms with van der Waals surface area (Å²) in [5.74, 6) is 0. The first kappa shape index (κ1) is 33.9. The third-order valence-corrected chi connectivity index (χ3v) is 13.3. The Kier molecular flexibility index (Phi) is 16.3.